The average Bonchev–Trinajstić information content (AvgIpc) is 3.56. The fraction of sp³-hybridized carbons (Fsp3) is 0.269. The number of ether oxygens (including phenoxy) is 1. The first-order valence-electron chi connectivity index (χ1n) is 11.2. The number of amides is 1. The maximum absolute atomic E-state index is 13.1. The molecule has 0 spiro atoms. The Morgan fingerprint density at radius 2 is 1.97 bits per heavy atom. The molecule has 8 heteroatoms. The Kier molecular flexibility index (Phi) is 6.12. The summed E-state index contributed by atoms with van der Waals surface area (Å²) < 4.78 is 29.7. The maximum Gasteiger partial charge on any atom is 0.292 e. The summed E-state index contributed by atoms with van der Waals surface area (Å²) in [6, 6.07) is 15.4. The third kappa shape index (κ3) is 4.71. The van der Waals surface area contributed by atoms with Gasteiger partial charge in [0.2, 0.25) is 5.76 Å². The summed E-state index contributed by atoms with van der Waals surface area (Å²) in [5, 5.41) is 4.07. The van der Waals surface area contributed by atoms with E-state index in [1.807, 2.05) is 24.3 Å². The van der Waals surface area contributed by atoms with Crippen LogP contribution < -0.4 is 4.74 Å². The summed E-state index contributed by atoms with van der Waals surface area (Å²) in [4.78, 5) is 19.3. The van der Waals surface area contributed by atoms with Crippen molar-refractivity contribution < 1.29 is 22.9 Å². The minimum atomic E-state index is -0.267. The molecule has 0 bridgehead atoms. The van der Waals surface area contributed by atoms with E-state index >= 15 is 0 Å². The first-order valence-corrected chi connectivity index (χ1v) is 11.2. The number of hydrogen-bond donors (Lipinski definition) is 0. The van der Waals surface area contributed by atoms with Crippen LogP contribution in [0.2, 0.25) is 0 Å². The van der Waals surface area contributed by atoms with E-state index in [1.165, 1.54) is 12.1 Å². The predicted octanol–water partition coefficient (Wildman–Crippen LogP) is 5.09. The zero-order chi connectivity index (χ0) is 23.5. The van der Waals surface area contributed by atoms with Gasteiger partial charge in [-0.3, -0.25) is 4.79 Å². The van der Waals surface area contributed by atoms with Gasteiger partial charge < -0.3 is 18.6 Å². The molecule has 4 aromatic rings. The Balaban J connectivity index is 1.24. The molecule has 5 rings (SSSR count). The van der Waals surface area contributed by atoms with Crippen LogP contribution in [-0.4, -0.2) is 41.1 Å². The van der Waals surface area contributed by atoms with Crippen LogP contribution in [-0.2, 0) is 6.42 Å². The fourth-order valence-electron chi connectivity index (χ4n) is 4.19. The Morgan fingerprint density at radius 1 is 1.18 bits per heavy atom. The van der Waals surface area contributed by atoms with Crippen LogP contribution in [0.15, 0.2) is 69.7 Å². The molecular weight excluding hydrogens is 437 g/mol. The Hall–Kier alpha value is -3.94. The number of hydrogen-bond acceptors (Lipinski definition) is 6. The standard InChI is InChI=1S/C26H24FN3O4/c1-32-21-10-6-18(7-11-21)23-14-24(34-29-23)26(31)30-12-2-3-19(16-30)25-28-15-22(33-25)13-17-4-8-20(27)9-5-17/h4-11,14-15,19H,2-3,12-13,16H2,1H3/t19-/m1/s1. The van der Waals surface area contributed by atoms with Crippen molar-refractivity contribution in [1.82, 2.24) is 15.0 Å². The van der Waals surface area contributed by atoms with E-state index in [0.717, 1.165) is 29.7 Å². The van der Waals surface area contributed by atoms with E-state index in [9.17, 15) is 9.18 Å². The minimum absolute atomic E-state index is 0.00338. The van der Waals surface area contributed by atoms with Crippen molar-refractivity contribution in [3.05, 3.63) is 89.6 Å². The van der Waals surface area contributed by atoms with E-state index in [1.54, 1.807) is 36.4 Å². The number of likely N-dealkylation sites (tertiary alicyclic amines) is 1. The van der Waals surface area contributed by atoms with Crippen LogP contribution in [0.5, 0.6) is 5.75 Å². The van der Waals surface area contributed by atoms with Crippen molar-refractivity contribution in [2.45, 2.75) is 25.2 Å². The number of methoxy groups -OCH3 is 1. The topological polar surface area (TPSA) is 81.6 Å². The zero-order valence-corrected chi connectivity index (χ0v) is 18.7. The van der Waals surface area contributed by atoms with E-state index in [0.29, 0.717) is 36.9 Å². The molecule has 2 aromatic heterocycles. The number of piperidine rings is 1. The number of halogens is 1. The second kappa shape index (κ2) is 9.51. The number of benzene rings is 2. The monoisotopic (exact) mass is 461 g/mol. The summed E-state index contributed by atoms with van der Waals surface area (Å²) in [6.07, 6.45) is 3.96. The third-order valence-corrected chi connectivity index (χ3v) is 6.03. The van der Waals surface area contributed by atoms with Crippen molar-refractivity contribution in [3.63, 3.8) is 0 Å². The molecule has 1 aliphatic rings. The van der Waals surface area contributed by atoms with Gasteiger partial charge >= 0.3 is 0 Å². The van der Waals surface area contributed by atoms with E-state index < -0.39 is 0 Å². The lowest BCUT2D eigenvalue weighted by Crippen LogP contribution is -2.39. The molecule has 0 aliphatic carbocycles. The quantitative estimate of drug-likeness (QED) is 0.398. The lowest BCUT2D eigenvalue weighted by molar-refractivity contribution is 0.0656. The maximum atomic E-state index is 13.1. The number of nitrogens with zero attached hydrogens (tertiary/aromatic N) is 3. The Morgan fingerprint density at radius 3 is 2.74 bits per heavy atom. The first kappa shape index (κ1) is 21.9. The van der Waals surface area contributed by atoms with Crippen LogP contribution >= 0.6 is 0 Å². The first-order chi connectivity index (χ1) is 16.6. The molecule has 1 aliphatic heterocycles. The number of carbonyl (C=O) groups is 1. The lowest BCUT2D eigenvalue weighted by Gasteiger charge is -2.30. The highest BCUT2D eigenvalue weighted by Crippen LogP contribution is 2.29. The van der Waals surface area contributed by atoms with E-state index in [4.69, 9.17) is 13.7 Å². The molecule has 3 heterocycles. The summed E-state index contributed by atoms with van der Waals surface area (Å²) in [7, 11) is 1.61. The molecule has 1 amide bonds. The van der Waals surface area contributed by atoms with Gasteiger partial charge in [-0.15, -0.1) is 0 Å². The van der Waals surface area contributed by atoms with Crippen molar-refractivity contribution >= 4 is 5.91 Å². The van der Waals surface area contributed by atoms with Gasteiger partial charge in [-0.2, -0.15) is 0 Å². The van der Waals surface area contributed by atoms with Crippen LogP contribution in [0.25, 0.3) is 11.3 Å². The summed E-state index contributed by atoms with van der Waals surface area (Å²) in [5.74, 6) is 1.82. The van der Waals surface area contributed by atoms with Gasteiger partial charge in [-0.1, -0.05) is 17.3 Å². The highest BCUT2D eigenvalue weighted by Gasteiger charge is 2.30. The number of oxazole rings is 1. The van der Waals surface area contributed by atoms with Crippen LogP contribution in [0, 0.1) is 5.82 Å². The predicted molar refractivity (Wildman–Crippen MR) is 122 cm³/mol. The molecule has 2 aromatic carbocycles. The molecule has 1 saturated heterocycles. The molecule has 1 fully saturated rings. The third-order valence-electron chi connectivity index (χ3n) is 6.03. The van der Waals surface area contributed by atoms with Crippen LogP contribution in [0.3, 0.4) is 0 Å². The SMILES string of the molecule is COc1ccc(-c2cc(C(=O)N3CCC[C@@H](c4ncc(Cc5ccc(F)cc5)o4)C3)on2)cc1. The molecule has 174 valence electrons. The van der Waals surface area contributed by atoms with E-state index in [-0.39, 0.29) is 23.4 Å². The number of carbonyl (C=O) groups excluding carboxylic acids is 1. The van der Waals surface area contributed by atoms with Crippen molar-refractivity contribution in [2.75, 3.05) is 20.2 Å². The molecule has 34 heavy (non-hydrogen) atoms. The minimum Gasteiger partial charge on any atom is -0.497 e. The van der Waals surface area contributed by atoms with Gasteiger partial charge in [-0.25, -0.2) is 9.37 Å². The lowest BCUT2D eigenvalue weighted by atomic mass is 9.97. The summed E-state index contributed by atoms with van der Waals surface area (Å²) in [5.41, 5.74) is 2.38. The molecule has 0 radical (unpaired) electrons. The molecule has 1 atom stereocenters. The fourth-order valence-corrected chi connectivity index (χ4v) is 4.19. The van der Waals surface area contributed by atoms with Crippen LogP contribution in [0.4, 0.5) is 4.39 Å². The Bertz CT molecular complexity index is 1260. The molecule has 0 saturated carbocycles. The van der Waals surface area contributed by atoms with Crippen molar-refractivity contribution in [1.29, 1.82) is 0 Å². The van der Waals surface area contributed by atoms with Gasteiger partial charge in [0, 0.05) is 31.1 Å². The van der Waals surface area contributed by atoms with Crippen molar-refractivity contribution in [3.8, 4) is 17.0 Å². The number of rotatable bonds is 6. The molecular formula is C26H24FN3O4. The molecule has 0 unspecified atom stereocenters. The van der Waals surface area contributed by atoms with E-state index in [2.05, 4.69) is 10.1 Å². The average molecular weight is 461 g/mol. The van der Waals surface area contributed by atoms with Gasteiger partial charge in [-0.05, 0) is 54.8 Å². The summed E-state index contributed by atoms with van der Waals surface area (Å²) in [6.45, 7) is 1.13. The van der Waals surface area contributed by atoms with Gasteiger partial charge in [0.1, 0.15) is 23.0 Å². The van der Waals surface area contributed by atoms with Gasteiger partial charge in [0.25, 0.3) is 5.91 Å². The Labute approximate surface area is 196 Å². The van der Waals surface area contributed by atoms with Gasteiger partial charge in [0.05, 0.1) is 19.2 Å². The second-order valence-corrected chi connectivity index (χ2v) is 8.36. The highest BCUT2D eigenvalue weighted by atomic mass is 19.1. The second-order valence-electron chi connectivity index (χ2n) is 8.36. The highest BCUT2D eigenvalue weighted by molar-refractivity contribution is 5.92. The number of aromatic nitrogens is 2. The largest absolute Gasteiger partial charge is 0.497 e. The molecule has 0 N–H and O–H groups in total. The van der Waals surface area contributed by atoms with Gasteiger partial charge in [0.15, 0.2) is 5.89 Å². The zero-order valence-electron chi connectivity index (χ0n) is 18.7. The smallest absolute Gasteiger partial charge is 0.292 e. The normalized spacial score (nSPS) is 15.9. The van der Waals surface area contributed by atoms with Crippen LogP contribution in [0.1, 0.15) is 46.5 Å². The summed E-state index contributed by atoms with van der Waals surface area (Å²) >= 11 is 0. The van der Waals surface area contributed by atoms with Crippen molar-refractivity contribution in [2.24, 2.45) is 0 Å². The molecule has 7 nitrogen and oxygen atoms in total.